The Balaban J connectivity index is 1.39. The van der Waals surface area contributed by atoms with Crippen molar-refractivity contribution in [2.75, 3.05) is 13.7 Å². The van der Waals surface area contributed by atoms with Crippen LogP contribution in [-0.4, -0.2) is 48.5 Å². The summed E-state index contributed by atoms with van der Waals surface area (Å²) in [6.45, 7) is 1.14. The molecule has 2 fully saturated rings. The number of nitrogens with one attached hydrogen (secondary N) is 2. The van der Waals surface area contributed by atoms with E-state index in [0.29, 0.717) is 31.0 Å². The zero-order chi connectivity index (χ0) is 20.4. The van der Waals surface area contributed by atoms with Crippen LogP contribution in [0.25, 0.3) is 0 Å². The summed E-state index contributed by atoms with van der Waals surface area (Å²) in [6.07, 6.45) is 1.08. The standard InChI is InChI=1S/C22H24ClN3O3/c1-29-17-8-6-14(7-9-17)10-19-22(28)26-13-16(11-20(26)21(27)25-19)24-12-15-4-2-3-5-18(15)23/h2-9,16,19-20,24H,10-13H2,1H3,(H,25,27)/t16-,19-,20-/m0/s1. The first kappa shape index (κ1) is 19.7. The molecule has 0 saturated carbocycles. The van der Waals surface area contributed by atoms with Crippen molar-refractivity contribution in [2.24, 2.45) is 0 Å². The highest BCUT2D eigenvalue weighted by atomic mass is 35.5. The van der Waals surface area contributed by atoms with E-state index in [2.05, 4.69) is 10.6 Å². The number of benzene rings is 2. The zero-order valence-corrected chi connectivity index (χ0v) is 17.0. The van der Waals surface area contributed by atoms with Gasteiger partial charge in [-0.25, -0.2) is 0 Å². The minimum atomic E-state index is -0.533. The van der Waals surface area contributed by atoms with E-state index in [1.165, 1.54) is 0 Å². The summed E-state index contributed by atoms with van der Waals surface area (Å²) in [5.74, 6) is 0.664. The van der Waals surface area contributed by atoms with Crippen molar-refractivity contribution in [3.8, 4) is 5.75 Å². The molecule has 0 bridgehead atoms. The summed E-state index contributed by atoms with van der Waals surface area (Å²) in [5, 5.41) is 7.06. The quantitative estimate of drug-likeness (QED) is 0.761. The van der Waals surface area contributed by atoms with E-state index < -0.39 is 12.1 Å². The fourth-order valence-electron chi connectivity index (χ4n) is 4.04. The molecule has 2 amide bonds. The Morgan fingerprint density at radius 2 is 1.93 bits per heavy atom. The Hall–Kier alpha value is -2.57. The number of carbonyl (C=O) groups is 2. The molecule has 152 valence electrons. The third kappa shape index (κ3) is 4.23. The molecule has 0 unspecified atom stereocenters. The normalized spacial score (nSPS) is 23.7. The number of ether oxygens (including phenoxy) is 1. The van der Waals surface area contributed by atoms with Gasteiger partial charge in [0, 0.05) is 30.6 Å². The zero-order valence-electron chi connectivity index (χ0n) is 16.2. The highest BCUT2D eigenvalue weighted by molar-refractivity contribution is 6.31. The van der Waals surface area contributed by atoms with E-state index in [0.717, 1.165) is 16.9 Å². The van der Waals surface area contributed by atoms with Crippen LogP contribution in [0.4, 0.5) is 0 Å². The molecule has 3 atom stereocenters. The number of fused-ring (bicyclic) bond motifs is 1. The van der Waals surface area contributed by atoms with E-state index in [1.54, 1.807) is 12.0 Å². The monoisotopic (exact) mass is 413 g/mol. The second-order valence-electron chi connectivity index (χ2n) is 7.52. The molecule has 0 radical (unpaired) electrons. The number of methoxy groups -OCH3 is 1. The van der Waals surface area contributed by atoms with E-state index in [4.69, 9.17) is 16.3 Å². The second kappa shape index (κ2) is 8.43. The SMILES string of the molecule is COc1ccc(C[C@@H]2NC(=O)[C@@H]3C[C@H](NCc4ccccc4Cl)CN3C2=O)cc1. The predicted octanol–water partition coefficient (Wildman–Crippen LogP) is 2.15. The summed E-state index contributed by atoms with van der Waals surface area (Å²) in [4.78, 5) is 27.3. The molecule has 2 aromatic carbocycles. The summed E-state index contributed by atoms with van der Waals surface area (Å²) in [7, 11) is 1.61. The molecule has 2 heterocycles. The summed E-state index contributed by atoms with van der Waals surface area (Å²) in [6, 6.07) is 14.4. The smallest absolute Gasteiger partial charge is 0.246 e. The fraction of sp³-hybridized carbons (Fsp3) is 0.364. The van der Waals surface area contributed by atoms with Gasteiger partial charge in [-0.1, -0.05) is 41.9 Å². The van der Waals surface area contributed by atoms with E-state index in [9.17, 15) is 9.59 Å². The number of halogens is 1. The van der Waals surface area contributed by atoms with Crippen molar-refractivity contribution < 1.29 is 14.3 Å². The van der Waals surface area contributed by atoms with E-state index in [1.807, 2.05) is 48.5 Å². The van der Waals surface area contributed by atoms with Gasteiger partial charge in [0.05, 0.1) is 7.11 Å². The molecule has 2 aliphatic rings. The topological polar surface area (TPSA) is 70.7 Å². The van der Waals surface area contributed by atoms with Gasteiger partial charge >= 0.3 is 0 Å². The van der Waals surface area contributed by atoms with Crippen molar-refractivity contribution in [3.05, 3.63) is 64.7 Å². The minimum absolute atomic E-state index is 0.0209. The number of rotatable bonds is 6. The number of carbonyl (C=O) groups excluding carboxylic acids is 2. The van der Waals surface area contributed by atoms with Crippen molar-refractivity contribution in [2.45, 2.75) is 37.5 Å². The van der Waals surface area contributed by atoms with Gasteiger partial charge in [0.2, 0.25) is 11.8 Å². The van der Waals surface area contributed by atoms with Gasteiger partial charge in [-0.05, 0) is 35.7 Å². The Kier molecular flexibility index (Phi) is 5.74. The van der Waals surface area contributed by atoms with Gasteiger partial charge in [-0.3, -0.25) is 9.59 Å². The lowest BCUT2D eigenvalue weighted by atomic mass is 10.0. The van der Waals surface area contributed by atoms with Crippen LogP contribution in [0.5, 0.6) is 5.75 Å². The second-order valence-corrected chi connectivity index (χ2v) is 7.93. The Morgan fingerprint density at radius 3 is 2.66 bits per heavy atom. The van der Waals surface area contributed by atoms with Crippen LogP contribution in [0, 0.1) is 0 Å². The Morgan fingerprint density at radius 1 is 1.17 bits per heavy atom. The summed E-state index contributed by atoms with van der Waals surface area (Å²) in [5.41, 5.74) is 1.99. The van der Waals surface area contributed by atoms with Gasteiger partial charge < -0.3 is 20.3 Å². The maximum absolute atomic E-state index is 13.0. The first-order chi connectivity index (χ1) is 14.0. The highest BCUT2D eigenvalue weighted by Gasteiger charge is 2.46. The molecule has 2 aliphatic heterocycles. The third-order valence-corrected chi connectivity index (χ3v) is 6.01. The number of amides is 2. The fourth-order valence-corrected chi connectivity index (χ4v) is 4.24. The van der Waals surface area contributed by atoms with E-state index in [-0.39, 0.29) is 17.9 Å². The summed E-state index contributed by atoms with van der Waals surface area (Å²) >= 11 is 6.22. The van der Waals surface area contributed by atoms with Gasteiger partial charge in [-0.2, -0.15) is 0 Å². The maximum atomic E-state index is 13.0. The molecule has 0 spiro atoms. The van der Waals surface area contributed by atoms with Gasteiger partial charge in [0.25, 0.3) is 0 Å². The van der Waals surface area contributed by atoms with Crippen LogP contribution in [0.3, 0.4) is 0 Å². The molecule has 6 nitrogen and oxygen atoms in total. The molecule has 7 heteroatoms. The largest absolute Gasteiger partial charge is 0.497 e. The van der Waals surface area contributed by atoms with Crippen LogP contribution in [0.2, 0.25) is 5.02 Å². The van der Waals surface area contributed by atoms with Gasteiger partial charge in [0.15, 0.2) is 0 Å². The number of nitrogens with zero attached hydrogens (tertiary/aromatic N) is 1. The summed E-state index contributed by atoms with van der Waals surface area (Å²) < 4.78 is 5.17. The lowest BCUT2D eigenvalue weighted by Gasteiger charge is -2.34. The van der Waals surface area contributed by atoms with Crippen LogP contribution < -0.4 is 15.4 Å². The molecular weight excluding hydrogens is 390 g/mol. The Bertz CT molecular complexity index is 902. The van der Waals surface area contributed by atoms with Crippen molar-refractivity contribution in [1.82, 2.24) is 15.5 Å². The first-order valence-electron chi connectivity index (χ1n) is 9.75. The molecular formula is C22H24ClN3O3. The molecule has 0 aliphatic carbocycles. The predicted molar refractivity (Wildman–Crippen MR) is 111 cm³/mol. The molecule has 0 aromatic heterocycles. The molecule has 4 rings (SSSR count). The number of hydrogen-bond acceptors (Lipinski definition) is 4. The van der Waals surface area contributed by atoms with Crippen LogP contribution in [-0.2, 0) is 22.6 Å². The van der Waals surface area contributed by atoms with Gasteiger partial charge in [0.1, 0.15) is 17.8 Å². The number of piperazine rings is 1. The first-order valence-corrected chi connectivity index (χ1v) is 10.1. The molecule has 29 heavy (non-hydrogen) atoms. The minimum Gasteiger partial charge on any atom is -0.497 e. The highest BCUT2D eigenvalue weighted by Crippen LogP contribution is 2.25. The lowest BCUT2D eigenvalue weighted by Crippen LogP contribution is -2.61. The Labute approximate surface area is 175 Å². The van der Waals surface area contributed by atoms with Crippen molar-refractivity contribution >= 4 is 23.4 Å². The van der Waals surface area contributed by atoms with Crippen LogP contribution >= 0.6 is 11.6 Å². The lowest BCUT2D eigenvalue weighted by molar-refractivity contribution is -0.147. The maximum Gasteiger partial charge on any atom is 0.246 e. The van der Waals surface area contributed by atoms with Crippen molar-refractivity contribution in [3.63, 3.8) is 0 Å². The molecule has 2 saturated heterocycles. The average molecular weight is 414 g/mol. The average Bonchev–Trinajstić information content (AvgIpc) is 3.17. The van der Waals surface area contributed by atoms with Crippen molar-refractivity contribution in [1.29, 1.82) is 0 Å². The van der Waals surface area contributed by atoms with E-state index >= 15 is 0 Å². The third-order valence-electron chi connectivity index (χ3n) is 5.64. The van der Waals surface area contributed by atoms with Crippen LogP contribution in [0.15, 0.2) is 48.5 Å². The molecule has 2 N–H and O–H groups in total. The number of hydrogen-bond donors (Lipinski definition) is 2. The van der Waals surface area contributed by atoms with Crippen LogP contribution in [0.1, 0.15) is 17.5 Å². The molecule has 2 aromatic rings. The van der Waals surface area contributed by atoms with Gasteiger partial charge in [-0.15, -0.1) is 0 Å².